The van der Waals surface area contributed by atoms with Crippen molar-refractivity contribution in [3.63, 3.8) is 0 Å². The Bertz CT molecular complexity index is 700. The molecule has 0 aliphatic heterocycles. The normalized spacial score (nSPS) is 12.9. The number of nitrogens with zero attached hydrogens (tertiary/aromatic N) is 2. The van der Waals surface area contributed by atoms with Crippen LogP contribution in [0.25, 0.3) is 0 Å². The number of ether oxygens (including phenoxy) is 1. The summed E-state index contributed by atoms with van der Waals surface area (Å²) < 4.78 is 6.02. The van der Waals surface area contributed by atoms with Crippen LogP contribution in [-0.2, 0) is 25.7 Å². The third-order valence-corrected chi connectivity index (χ3v) is 4.85. The average molecular weight is 339 g/mol. The molecule has 1 N–H and O–H groups in total. The van der Waals surface area contributed by atoms with Crippen molar-refractivity contribution >= 4 is 5.82 Å². The Morgan fingerprint density at radius 3 is 2.92 bits per heavy atom. The number of nitrogens with one attached hydrogen (secondary N) is 1. The molecule has 0 saturated heterocycles. The minimum absolute atomic E-state index is 0.639. The molecule has 4 nitrogen and oxygen atoms in total. The molecule has 0 bridgehead atoms. The summed E-state index contributed by atoms with van der Waals surface area (Å²) in [6.45, 7) is 5.82. The number of hydrogen-bond donors (Lipinski definition) is 1. The van der Waals surface area contributed by atoms with Crippen LogP contribution in [0, 0.1) is 0 Å². The van der Waals surface area contributed by atoms with Crippen molar-refractivity contribution in [2.45, 2.75) is 58.8 Å². The van der Waals surface area contributed by atoms with Crippen LogP contribution in [0.15, 0.2) is 24.5 Å². The molecule has 1 aliphatic rings. The summed E-state index contributed by atoms with van der Waals surface area (Å²) >= 11 is 0. The van der Waals surface area contributed by atoms with E-state index < -0.39 is 0 Å². The number of unbranched alkanes of at least 4 members (excludes halogenated alkanes) is 1. The molecule has 0 spiro atoms. The van der Waals surface area contributed by atoms with Crippen LogP contribution in [0.3, 0.4) is 0 Å². The number of rotatable bonds is 9. The third kappa shape index (κ3) is 4.50. The molecule has 4 heteroatoms. The Morgan fingerprint density at radius 2 is 2.08 bits per heavy atom. The predicted molar refractivity (Wildman–Crippen MR) is 102 cm³/mol. The van der Waals surface area contributed by atoms with Crippen molar-refractivity contribution in [3.8, 4) is 5.75 Å². The van der Waals surface area contributed by atoms with Gasteiger partial charge in [0.15, 0.2) is 0 Å². The van der Waals surface area contributed by atoms with Gasteiger partial charge in [-0.05, 0) is 55.7 Å². The zero-order valence-corrected chi connectivity index (χ0v) is 15.5. The second-order valence-electron chi connectivity index (χ2n) is 6.68. The molecule has 1 heterocycles. The number of aromatic nitrogens is 2. The van der Waals surface area contributed by atoms with Gasteiger partial charge >= 0.3 is 0 Å². The SMILES string of the molecule is CCCCc1ccc(OCCNc2ncnc3c2CCC3)c(CC)c1. The Labute approximate surface area is 151 Å². The Balaban J connectivity index is 1.53. The maximum absolute atomic E-state index is 6.02. The molecule has 0 radical (unpaired) electrons. The van der Waals surface area contributed by atoms with Gasteiger partial charge in [0.25, 0.3) is 0 Å². The van der Waals surface area contributed by atoms with E-state index in [1.165, 1.54) is 41.6 Å². The minimum Gasteiger partial charge on any atom is -0.491 e. The highest BCUT2D eigenvalue weighted by molar-refractivity contribution is 5.48. The van der Waals surface area contributed by atoms with Crippen LogP contribution in [0.5, 0.6) is 5.75 Å². The summed E-state index contributed by atoms with van der Waals surface area (Å²) in [6, 6.07) is 6.64. The molecule has 134 valence electrons. The molecule has 1 aromatic carbocycles. The number of hydrogen-bond acceptors (Lipinski definition) is 4. The molecule has 1 aromatic heterocycles. The maximum Gasteiger partial charge on any atom is 0.132 e. The lowest BCUT2D eigenvalue weighted by Crippen LogP contribution is -2.14. The monoisotopic (exact) mass is 339 g/mol. The standard InChI is InChI=1S/C21H29N3O/c1-3-5-7-16-10-11-20(17(4-2)14-16)25-13-12-22-21-18-8-6-9-19(18)23-15-24-21/h10-11,14-15H,3-9,12-13H2,1-2H3,(H,22,23,24). The number of aryl methyl sites for hydroxylation is 3. The van der Waals surface area contributed by atoms with E-state index in [0.29, 0.717) is 6.61 Å². The van der Waals surface area contributed by atoms with Crippen LogP contribution < -0.4 is 10.1 Å². The molecule has 2 aromatic rings. The van der Waals surface area contributed by atoms with E-state index in [-0.39, 0.29) is 0 Å². The topological polar surface area (TPSA) is 47.0 Å². The summed E-state index contributed by atoms with van der Waals surface area (Å²) in [4.78, 5) is 8.76. The van der Waals surface area contributed by atoms with Gasteiger partial charge in [-0.2, -0.15) is 0 Å². The lowest BCUT2D eigenvalue weighted by molar-refractivity contribution is 0.329. The van der Waals surface area contributed by atoms with Crippen molar-refractivity contribution in [2.75, 3.05) is 18.5 Å². The minimum atomic E-state index is 0.639. The fourth-order valence-electron chi connectivity index (χ4n) is 3.43. The van der Waals surface area contributed by atoms with Crippen LogP contribution in [0.1, 0.15) is 55.5 Å². The molecule has 0 saturated carbocycles. The number of fused-ring (bicyclic) bond motifs is 1. The first-order valence-electron chi connectivity index (χ1n) is 9.63. The fraction of sp³-hybridized carbons (Fsp3) is 0.524. The van der Waals surface area contributed by atoms with E-state index >= 15 is 0 Å². The van der Waals surface area contributed by atoms with Crippen molar-refractivity contribution in [1.29, 1.82) is 0 Å². The van der Waals surface area contributed by atoms with E-state index in [0.717, 1.165) is 43.8 Å². The van der Waals surface area contributed by atoms with Crippen molar-refractivity contribution in [3.05, 3.63) is 46.9 Å². The first kappa shape index (κ1) is 17.7. The molecule has 0 atom stereocenters. The Hall–Kier alpha value is -2.10. The lowest BCUT2D eigenvalue weighted by Gasteiger charge is -2.14. The Kier molecular flexibility index (Phi) is 6.26. The Morgan fingerprint density at radius 1 is 1.16 bits per heavy atom. The summed E-state index contributed by atoms with van der Waals surface area (Å²) in [5.74, 6) is 1.99. The summed E-state index contributed by atoms with van der Waals surface area (Å²) in [7, 11) is 0. The molecule has 0 fully saturated rings. The van der Waals surface area contributed by atoms with Crippen LogP contribution >= 0.6 is 0 Å². The molecule has 0 unspecified atom stereocenters. The summed E-state index contributed by atoms with van der Waals surface area (Å²) in [5, 5.41) is 3.42. The second-order valence-corrected chi connectivity index (χ2v) is 6.68. The van der Waals surface area contributed by atoms with Gasteiger partial charge in [0.2, 0.25) is 0 Å². The first-order chi connectivity index (χ1) is 12.3. The van der Waals surface area contributed by atoms with E-state index in [1.807, 2.05) is 0 Å². The molecule has 0 amide bonds. The largest absolute Gasteiger partial charge is 0.491 e. The highest BCUT2D eigenvalue weighted by Gasteiger charge is 2.16. The van der Waals surface area contributed by atoms with Crippen molar-refractivity contribution in [1.82, 2.24) is 9.97 Å². The third-order valence-electron chi connectivity index (χ3n) is 4.85. The number of benzene rings is 1. The van der Waals surface area contributed by atoms with E-state index in [1.54, 1.807) is 6.33 Å². The first-order valence-corrected chi connectivity index (χ1v) is 9.63. The van der Waals surface area contributed by atoms with Gasteiger partial charge in [0.05, 0.1) is 6.54 Å². The zero-order chi connectivity index (χ0) is 17.5. The summed E-state index contributed by atoms with van der Waals surface area (Å²) in [6.07, 6.45) is 9.65. The lowest BCUT2D eigenvalue weighted by atomic mass is 10.0. The van der Waals surface area contributed by atoms with Gasteiger partial charge in [-0.3, -0.25) is 0 Å². The summed E-state index contributed by atoms with van der Waals surface area (Å²) in [5.41, 5.74) is 5.21. The van der Waals surface area contributed by atoms with Gasteiger partial charge < -0.3 is 10.1 Å². The molecular weight excluding hydrogens is 310 g/mol. The maximum atomic E-state index is 6.02. The van der Waals surface area contributed by atoms with Crippen LogP contribution in [0.4, 0.5) is 5.82 Å². The predicted octanol–water partition coefficient (Wildman–Crippen LogP) is 4.36. The smallest absolute Gasteiger partial charge is 0.132 e. The molecule has 3 rings (SSSR count). The van der Waals surface area contributed by atoms with Crippen LogP contribution in [0.2, 0.25) is 0 Å². The van der Waals surface area contributed by atoms with Crippen LogP contribution in [-0.4, -0.2) is 23.1 Å². The highest BCUT2D eigenvalue weighted by atomic mass is 16.5. The molecule has 1 aliphatic carbocycles. The molecule has 25 heavy (non-hydrogen) atoms. The van der Waals surface area contributed by atoms with Crippen molar-refractivity contribution in [2.24, 2.45) is 0 Å². The van der Waals surface area contributed by atoms with Gasteiger partial charge in [-0.1, -0.05) is 32.4 Å². The quantitative estimate of drug-likeness (QED) is 0.690. The molecular formula is C21H29N3O. The van der Waals surface area contributed by atoms with Crippen molar-refractivity contribution < 1.29 is 4.74 Å². The average Bonchev–Trinajstić information content (AvgIpc) is 3.13. The van der Waals surface area contributed by atoms with Gasteiger partial charge in [-0.25, -0.2) is 9.97 Å². The van der Waals surface area contributed by atoms with Gasteiger partial charge in [0, 0.05) is 11.3 Å². The highest BCUT2D eigenvalue weighted by Crippen LogP contribution is 2.25. The fourth-order valence-corrected chi connectivity index (χ4v) is 3.43. The van der Waals surface area contributed by atoms with Gasteiger partial charge in [0.1, 0.15) is 24.5 Å². The van der Waals surface area contributed by atoms with E-state index in [2.05, 4.69) is 47.3 Å². The van der Waals surface area contributed by atoms with E-state index in [4.69, 9.17) is 4.74 Å². The zero-order valence-electron chi connectivity index (χ0n) is 15.5. The van der Waals surface area contributed by atoms with E-state index in [9.17, 15) is 0 Å². The van der Waals surface area contributed by atoms with Gasteiger partial charge in [-0.15, -0.1) is 0 Å². The second kappa shape index (κ2) is 8.84. The number of anilines is 1.